The highest BCUT2D eigenvalue weighted by Gasteiger charge is 2.08. The molecule has 88 valence electrons. The summed E-state index contributed by atoms with van der Waals surface area (Å²) in [7, 11) is 0. The molecular weight excluding hydrogens is 248 g/mol. The Bertz CT molecular complexity index is 560. The second-order valence-electron chi connectivity index (χ2n) is 3.39. The van der Waals surface area contributed by atoms with Gasteiger partial charge in [-0.2, -0.15) is 0 Å². The molecule has 0 atom stereocenters. The zero-order valence-corrected chi connectivity index (χ0v) is 9.59. The lowest BCUT2D eigenvalue weighted by atomic mass is 10.2. The van der Waals surface area contributed by atoms with Gasteiger partial charge in [0.1, 0.15) is 28.9 Å². The van der Waals surface area contributed by atoms with Crippen LogP contribution in [-0.2, 0) is 0 Å². The van der Waals surface area contributed by atoms with E-state index in [1.54, 1.807) is 6.92 Å². The minimum atomic E-state index is -0.695. The van der Waals surface area contributed by atoms with Crippen molar-refractivity contribution in [2.24, 2.45) is 0 Å². The van der Waals surface area contributed by atoms with Crippen molar-refractivity contribution in [2.45, 2.75) is 6.92 Å². The number of hydrogen-bond acceptors (Lipinski definition) is 3. The fourth-order valence-electron chi connectivity index (χ4n) is 1.27. The van der Waals surface area contributed by atoms with Crippen LogP contribution in [0.4, 0.5) is 20.3 Å². The lowest BCUT2D eigenvalue weighted by Gasteiger charge is -2.09. The maximum Gasteiger partial charge on any atom is 0.149 e. The molecule has 1 heterocycles. The summed E-state index contributed by atoms with van der Waals surface area (Å²) >= 11 is 5.80. The van der Waals surface area contributed by atoms with Gasteiger partial charge in [0.25, 0.3) is 0 Å². The van der Waals surface area contributed by atoms with Gasteiger partial charge in [0.2, 0.25) is 0 Å². The molecule has 1 N–H and O–H groups in total. The van der Waals surface area contributed by atoms with E-state index < -0.39 is 11.6 Å². The zero-order valence-electron chi connectivity index (χ0n) is 8.84. The molecule has 0 aliphatic rings. The number of hydrogen-bond donors (Lipinski definition) is 1. The van der Waals surface area contributed by atoms with Crippen molar-refractivity contribution in [3.05, 3.63) is 46.9 Å². The minimum Gasteiger partial charge on any atom is -0.337 e. The van der Waals surface area contributed by atoms with Gasteiger partial charge in [0.15, 0.2) is 0 Å². The van der Waals surface area contributed by atoms with E-state index in [1.165, 1.54) is 12.4 Å². The van der Waals surface area contributed by atoms with Crippen molar-refractivity contribution >= 4 is 23.1 Å². The number of nitrogens with one attached hydrogen (secondary N) is 1. The van der Waals surface area contributed by atoms with Crippen LogP contribution in [0.15, 0.2) is 24.5 Å². The van der Waals surface area contributed by atoms with Crippen LogP contribution < -0.4 is 5.32 Å². The summed E-state index contributed by atoms with van der Waals surface area (Å²) in [6, 6.07) is 3.24. The van der Waals surface area contributed by atoms with Gasteiger partial charge in [-0.1, -0.05) is 11.6 Å². The molecule has 1 aromatic heterocycles. The molecule has 3 nitrogen and oxygen atoms in total. The highest BCUT2D eigenvalue weighted by Crippen LogP contribution is 2.24. The van der Waals surface area contributed by atoms with E-state index in [1.807, 2.05) is 0 Å². The Morgan fingerprint density at radius 3 is 2.71 bits per heavy atom. The molecule has 1 aromatic carbocycles. The fraction of sp³-hybridized carbons (Fsp3) is 0.0909. The predicted octanol–water partition coefficient (Wildman–Crippen LogP) is 3.46. The fourth-order valence-corrected chi connectivity index (χ4v) is 1.41. The van der Waals surface area contributed by atoms with Gasteiger partial charge in [-0.25, -0.2) is 18.7 Å². The first kappa shape index (κ1) is 11.7. The van der Waals surface area contributed by atoms with E-state index in [0.717, 1.165) is 12.1 Å². The molecule has 0 spiro atoms. The number of aromatic nitrogens is 2. The summed E-state index contributed by atoms with van der Waals surface area (Å²) in [6.45, 7) is 1.70. The van der Waals surface area contributed by atoms with Gasteiger partial charge in [-0.05, 0) is 19.1 Å². The Morgan fingerprint density at radius 2 is 2.00 bits per heavy atom. The molecule has 0 saturated heterocycles. The van der Waals surface area contributed by atoms with Crippen LogP contribution in [-0.4, -0.2) is 9.97 Å². The highest BCUT2D eigenvalue weighted by molar-refractivity contribution is 6.30. The molecule has 2 aromatic rings. The van der Waals surface area contributed by atoms with Gasteiger partial charge in [0, 0.05) is 11.6 Å². The third-order valence-electron chi connectivity index (χ3n) is 2.21. The molecule has 0 radical (unpaired) electrons. The van der Waals surface area contributed by atoms with E-state index in [0.29, 0.717) is 11.4 Å². The Morgan fingerprint density at radius 1 is 1.24 bits per heavy atom. The number of rotatable bonds is 2. The SMILES string of the molecule is Cc1c(Cl)ncnc1Nc1ccc(F)cc1F. The van der Waals surface area contributed by atoms with Crippen LogP contribution >= 0.6 is 11.6 Å². The number of anilines is 2. The maximum absolute atomic E-state index is 13.4. The van der Waals surface area contributed by atoms with E-state index in [-0.39, 0.29) is 10.8 Å². The first-order valence-electron chi connectivity index (χ1n) is 4.77. The van der Waals surface area contributed by atoms with Crippen LogP contribution in [0.3, 0.4) is 0 Å². The smallest absolute Gasteiger partial charge is 0.149 e. The Balaban J connectivity index is 2.35. The normalized spacial score (nSPS) is 10.4. The zero-order chi connectivity index (χ0) is 12.4. The van der Waals surface area contributed by atoms with Crippen LogP contribution in [0.5, 0.6) is 0 Å². The quantitative estimate of drug-likeness (QED) is 0.835. The summed E-state index contributed by atoms with van der Waals surface area (Å²) in [4.78, 5) is 7.71. The monoisotopic (exact) mass is 255 g/mol. The van der Waals surface area contributed by atoms with Crippen LogP contribution in [0.1, 0.15) is 5.56 Å². The van der Waals surface area contributed by atoms with Crippen molar-refractivity contribution in [3.63, 3.8) is 0 Å². The van der Waals surface area contributed by atoms with Gasteiger partial charge in [-0.3, -0.25) is 0 Å². The average Bonchev–Trinajstić information content (AvgIpc) is 2.28. The third kappa shape index (κ3) is 2.50. The summed E-state index contributed by atoms with van der Waals surface area (Å²) in [6.07, 6.45) is 1.26. The molecule has 0 fully saturated rings. The third-order valence-corrected chi connectivity index (χ3v) is 2.59. The summed E-state index contributed by atoms with van der Waals surface area (Å²) < 4.78 is 26.1. The molecule has 6 heteroatoms. The maximum atomic E-state index is 13.4. The Kier molecular flexibility index (Phi) is 3.19. The predicted molar refractivity (Wildman–Crippen MR) is 61.4 cm³/mol. The van der Waals surface area contributed by atoms with Crippen LogP contribution in [0.2, 0.25) is 5.15 Å². The summed E-state index contributed by atoms with van der Waals surface area (Å²) in [5.74, 6) is -0.944. The van der Waals surface area contributed by atoms with E-state index in [2.05, 4.69) is 15.3 Å². The number of nitrogens with zero attached hydrogens (tertiary/aromatic N) is 2. The standard InChI is InChI=1S/C11H8ClF2N3/c1-6-10(12)15-5-16-11(6)17-9-3-2-7(13)4-8(9)14/h2-5H,1H3,(H,15,16,17). The van der Waals surface area contributed by atoms with Crippen molar-refractivity contribution in [1.29, 1.82) is 0 Å². The Hall–Kier alpha value is -1.75. The number of benzene rings is 1. The van der Waals surface area contributed by atoms with Crippen molar-refractivity contribution in [3.8, 4) is 0 Å². The summed E-state index contributed by atoms with van der Waals surface area (Å²) in [5, 5.41) is 3.01. The molecule has 0 saturated carbocycles. The molecular formula is C11H8ClF2N3. The van der Waals surface area contributed by atoms with Crippen LogP contribution in [0.25, 0.3) is 0 Å². The molecule has 2 rings (SSSR count). The van der Waals surface area contributed by atoms with Crippen molar-refractivity contribution in [1.82, 2.24) is 9.97 Å². The van der Waals surface area contributed by atoms with Crippen molar-refractivity contribution < 1.29 is 8.78 Å². The second-order valence-corrected chi connectivity index (χ2v) is 3.75. The van der Waals surface area contributed by atoms with Gasteiger partial charge >= 0.3 is 0 Å². The lowest BCUT2D eigenvalue weighted by Crippen LogP contribution is -2.00. The first-order chi connectivity index (χ1) is 8.08. The van der Waals surface area contributed by atoms with Crippen LogP contribution in [0, 0.1) is 18.6 Å². The first-order valence-corrected chi connectivity index (χ1v) is 5.15. The van der Waals surface area contributed by atoms with Gasteiger partial charge in [-0.15, -0.1) is 0 Å². The molecule has 17 heavy (non-hydrogen) atoms. The molecule has 0 amide bonds. The number of halogens is 3. The molecule has 0 unspecified atom stereocenters. The largest absolute Gasteiger partial charge is 0.337 e. The molecule has 0 aliphatic carbocycles. The molecule has 0 bridgehead atoms. The summed E-state index contributed by atoms with van der Waals surface area (Å²) in [5.41, 5.74) is 0.724. The topological polar surface area (TPSA) is 37.8 Å². The van der Waals surface area contributed by atoms with E-state index in [9.17, 15) is 8.78 Å². The second kappa shape index (κ2) is 4.63. The Labute approximate surface area is 101 Å². The molecule has 0 aliphatic heterocycles. The minimum absolute atomic E-state index is 0.129. The average molecular weight is 256 g/mol. The lowest BCUT2D eigenvalue weighted by molar-refractivity contribution is 0.586. The van der Waals surface area contributed by atoms with Crippen molar-refractivity contribution in [2.75, 3.05) is 5.32 Å². The van der Waals surface area contributed by atoms with Gasteiger partial charge in [0.05, 0.1) is 5.69 Å². The van der Waals surface area contributed by atoms with E-state index in [4.69, 9.17) is 11.6 Å². The highest BCUT2D eigenvalue weighted by atomic mass is 35.5. The van der Waals surface area contributed by atoms with Gasteiger partial charge < -0.3 is 5.32 Å². The van der Waals surface area contributed by atoms with E-state index >= 15 is 0 Å².